The number of ether oxygens (including phenoxy) is 1. The Morgan fingerprint density at radius 1 is 1.24 bits per heavy atom. The molecule has 0 bridgehead atoms. The Hall–Kier alpha value is -1.80. The molecule has 8 heteroatoms. The second-order valence-corrected chi connectivity index (χ2v) is 6.72. The molecular weight excluding hydrogens is 294 g/mol. The Bertz CT molecular complexity index is 637. The van der Waals surface area contributed by atoms with Gasteiger partial charge in [-0.3, -0.25) is 4.79 Å². The maximum Gasteiger partial charge on any atom is 0.245 e. The van der Waals surface area contributed by atoms with Crippen LogP contribution in [0, 0.1) is 0 Å². The summed E-state index contributed by atoms with van der Waals surface area (Å²) in [5, 5.41) is 0. The number of benzene rings is 1. The summed E-state index contributed by atoms with van der Waals surface area (Å²) >= 11 is 0. The van der Waals surface area contributed by atoms with Gasteiger partial charge in [-0.1, -0.05) is 0 Å². The lowest BCUT2D eigenvalue weighted by molar-refractivity contribution is -0.129. The van der Waals surface area contributed by atoms with Crippen LogP contribution in [0.4, 0.5) is 5.69 Å². The van der Waals surface area contributed by atoms with E-state index < -0.39 is 10.0 Å². The van der Waals surface area contributed by atoms with E-state index in [1.54, 1.807) is 11.0 Å². The molecule has 1 amide bonds. The van der Waals surface area contributed by atoms with Crippen molar-refractivity contribution >= 4 is 21.6 Å². The van der Waals surface area contributed by atoms with E-state index in [1.165, 1.54) is 30.5 Å². The Morgan fingerprint density at radius 3 is 2.33 bits per heavy atom. The van der Waals surface area contributed by atoms with Crippen LogP contribution in [0.5, 0.6) is 5.75 Å². The van der Waals surface area contributed by atoms with Crippen LogP contribution in [0.25, 0.3) is 0 Å². The highest BCUT2D eigenvalue weighted by Gasteiger charge is 2.30. The maximum absolute atomic E-state index is 12.6. The van der Waals surface area contributed by atoms with Gasteiger partial charge in [0.15, 0.2) is 0 Å². The standard InChI is InChI=1S/C13H19N3O4S/c1-10(17)15-5-7-16(8-6-15)21(18,19)13-4-3-11(20-2)9-12(13)14/h3-4,9H,5-8,14H2,1-2H3. The third kappa shape index (κ3) is 3.11. The molecule has 0 radical (unpaired) electrons. The molecule has 0 atom stereocenters. The van der Waals surface area contributed by atoms with E-state index in [0.29, 0.717) is 18.8 Å². The quantitative estimate of drug-likeness (QED) is 0.801. The first-order valence-electron chi connectivity index (χ1n) is 6.55. The molecule has 2 N–H and O–H groups in total. The number of carbonyl (C=O) groups excluding carboxylic acids is 1. The molecule has 7 nitrogen and oxygen atoms in total. The summed E-state index contributed by atoms with van der Waals surface area (Å²) in [6.07, 6.45) is 0. The normalized spacial score (nSPS) is 16.8. The van der Waals surface area contributed by atoms with Gasteiger partial charge in [-0.15, -0.1) is 0 Å². The summed E-state index contributed by atoms with van der Waals surface area (Å²) in [6.45, 7) is 2.81. The van der Waals surface area contributed by atoms with Crippen LogP contribution in [0.1, 0.15) is 6.92 Å². The van der Waals surface area contributed by atoms with Crippen LogP contribution in [-0.4, -0.2) is 56.8 Å². The Morgan fingerprint density at radius 2 is 1.86 bits per heavy atom. The summed E-state index contributed by atoms with van der Waals surface area (Å²) in [6, 6.07) is 4.49. The van der Waals surface area contributed by atoms with Gasteiger partial charge in [0.05, 0.1) is 12.8 Å². The number of nitrogens with two attached hydrogens (primary N) is 1. The molecule has 116 valence electrons. The zero-order valence-electron chi connectivity index (χ0n) is 12.1. The maximum atomic E-state index is 12.6. The molecule has 0 saturated carbocycles. The fourth-order valence-electron chi connectivity index (χ4n) is 2.27. The Balaban J connectivity index is 2.21. The van der Waals surface area contributed by atoms with E-state index in [-0.39, 0.29) is 29.6 Å². The molecule has 1 fully saturated rings. The summed E-state index contributed by atoms with van der Waals surface area (Å²) in [5.41, 5.74) is 5.97. The first-order valence-corrected chi connectivity index (χ1v) is 7.99. The van der Waals surface area contributed by atoms with Gasteiger partial charge in [0.2, 0.25) is 15.9 Å². The van der Waals surface area contributed by atoms with E-state index in [4.69, 9.17) is 10.5 Å². The number of hydrogen-bond acceptors (Lipinski definition) is 5. The predicted octanol–water partition coefficient (Wildman–Crippen LogP) is 0.130. The summed E-state index contributed by atoms with van der Waals surface area (Å²) in [7, 11) is -2.16. The number of rotatable bonds is 3. The minimum Gasteiger partial charge on any atom is -0.497 e. The first-order chi connectivity index (χ1) is 9.86. The van der Waals surface area contributed by atoms with Crippen molar-refractivity contribution in [2.24, 2.45) is 0 Å². The third-order valence-electron chi connectivity index (χ3n) is 3.52. The number of sulfonamides is 1. The molecule has 1 heterocycles. The second kappa shape index (κ2) is 5.90. The fraction of sp³-hybridized carbons (Fsp3) is 0.462. The van der Waals surface area contributed by atoms with Crippen molar-refractivity contribution in [1.29, 1.82) is 0 Å². The van der Waals surface area contributed by atoms with E-state index >= 15 is 0 Å². The van der Waals surface area contributed by atoms with Gasteiger partial charge in [-0.05, 0) is 12.1 Å². The Kier molecular flexibility index (Phi) is 4.38. The van der Waals surface area contributed by atoms with Crippen LogP contribution >= 0.6 is 0 Å². The van der Waals surface area contributed by atoms with E-state index in [0.717, 1.165) is 0 Å². The Labute approximate surface area is 124 Å². The van der Waals surface area contributed by atoms with Crippen molar-refractivity contribution in [2.45, 2.75) is 11.8 Å². The van der Waals surface area contributed by atoms with Crippen molar-refractivity contribution in [3.05, 3.63) is 18.2 Å². The minimum absolute atomic E-state index is 0.0454. The average molecular weight is 313 g/mol. The highest BCUT2D eigenvalue weighted by Crippen LogP contribution is 2.27. The number of methoxy groups -OCH3 is 1. The van der Waals surface area contributed by atoms with Gasteiger partial charge < -0.3 is 15.4 Å². The van der Waals surface area contributed by atoms with E-state index in [9.17, 15) is 13.2 Å². The summed E-state index contributed by atoms with van der Waals surface area (Å²) in [5.74, 6) is 0.462. The number of hydrogen-bond donors (Lipinski definition) is 1. The molecule has 1 aliphatic heterocycles. The molecule has 0 aliphatic carbocycles. The summed E-state index contributed by atoms with van der Waals surface area (Å²) < 4.78 is 31.5. The lowest BCUT2D eigenvalue weighted by atomic mass is 10.3. The molecule has 1 saturated heterocycles. The topological polar surface area (TPSA) is 92.9 Å². The highest BCUT2D eigenvalue weighted by atomic mass is 32.2. The predicted molar refractivity (Wildman–Crippen MR) is 78.4 cm³/mol. The van der Waals surface area contributed by atoms with Crippen LogP contribution in [0.3, 0.4) is 0 Å². The molecule has 1 aromatic rings. The number of carbonyl (C=O) groups is 1. The lowest BCUT2D eigenvalue weighted by Gasteiger charge is -2.33. The number of anilines is 1. The molecule has 21 heavy (non-hydrogen) atoms. The van der Waals surface area contributed by atoms with Gasteiger partial charge in [0, 0.05) is 39.2 Å². The van der Waals surface area contributed by atoms with Crippen LogP contribution in [0.2, 0.25) is 0 Å². The lowest BCUT2D eigenvalue weighted by Crippen LogP contribution is -2.50. The average Bonchev–Trinajstić information content (AvgIpc) is 2.46. The van der Waals surface area contributed by atoms with Crippen molar-refractivity contribution in [2.75, 3.05) is 39.0 Å². The van der Waals surface area contributed by atoms with E-state index in [2.05, 4.69) is 0 Å². The molecule has 1 aliphatic rings. The van der Waals surface area contributed by atoms with Gasteiger partial charge in [0.25, 0.3) is 0 Å². The third-order valence-corrected chi connectivity index (χ3v) is 5.49. The second-order valence-electron chi connectivity index (χ2n) is 4.81. The van der Waals surface area contributed by atoms with Crippen LogP contribution in [0.15, 0.2) is 23.1 Å². The van der Waals surface area contributed by atoms with Crippen molar-refractivity contribution < 1.29 is 17.9 Å². The van der Waals surface area contributed by atoms with Crippen molar-refractivity contribution in [1.82, 2.24) is 9.21 Å². The SMILES string of the molecule is COc1ccc(S(=O)(=O)N2CCN(C(C)=O)CC2)c(N)c1. The van der Waals surface area contributed by atoms with Crippen molar-refractivity contribution in [3.8, 4) is 5.75 Å². The highest BCUT2D eigenvalue weighted by molar-refractivity contribution is 7.89. The molecule has 2 rings (SSSR count). The van der Waals surface area contributed by atoms with Gasteiger partial charge in [0.1, 0.15) is 10.6 Å². The monoisotopic (exact) mass is 313 g/mol. The zero-order valence-corrected chi connectivity index (χ0v) is 12.9. The molecule has 0 spiro atoms. The number of nitrogens with zero attached hydrogens (tertiary/aromatic N) is 2. The fourth-order valence-corrected chi connectivity index (χ4v) is 3.79. The number of piperazine rings is 1. The van der Waals surface area contributed by atoms with Gasteiger partial charge in [-0.2, -0.15) is 4.31 Å². The first kappa shape index (κ1) is 15.6. The van der Waals surface area contributed by atoms with Crippen LogP contribution < -0.4 is 10.5 Å². The molecular formula is C13H19N3O4S. The minimum atomic E-state index is -3.65. The van der Waals surface area contributed by atoms with Crippen LogP contribution in [-0.2, 0) is 14.8 Å². The molecule has 1 aromatic carbocycles. The molecule has 0 unspecified atom stereocenters. The largest absolute Gasteiger partial charge is 0.497 e. The van der Waals surface area contributed by atoms with Gasteiger partial charge in [-0.25, -0.2) is 8.42 Å². The zero-order chi connectivity index (χ0) is 15.6. The molecule has 0 aromatic heterocycles. The van der Waals surface area contributed by atoms with E-state index in [1.807, 2.05) is 0 Å². The number of amides is 1. The van der Waals surface area contributed by atoms with Crippen molar-refractivity contribution in [3.63, 3.8) is 0 Å². The van der Waals surface area contributed by atoms with Gasteiger partial charge >= 0.3 is 0 Å². The summed E-state index contributed by atoms with van der Waals surface area (Å²) in [4.78, 5) is 13.0. The number of nitrogen functional groups attached to an aromatic ring is 1. The smallest absolute Gasteiger partial charge is 0.245 e.